The molecule has 0 aliphatic carbocycles. The highest BCUT2D eigenvalue weighted by molar-refractivity contribution is 7.99. The molecule has 0 saturated carbocycles. The van der Waals surface area contributed by atoms with Crippen molar-refractivity contribution in [3.63, 3.8) is 0 Å². The van der Waals surface area contributed by atoms with Gasteiger partial charge in [-0.05, 0) is 36.2 Å². The molecule has 1 aromatic heterocycles. The average Bonchev–Trinajstić information content (AvgIpc) is 2.75. The van der Waals surface area contributed by atoms with Crippen molar-refractivity contribution in [2.75, 3.05) is 23.4 Å². The van der Waals surface area contributed by atoms with Gasteiger partial charge in [-0.2, -0.15) is 11.8 Å². The van der Waals surface area contributed by atoms with Crippen molar-refractivity contribution in [3.05, 3.63) is 12.4 Å². The Kier molecular flexibility index (Phi) is 4.77. The summed E-state index contributed by atoms with van der Waals surface area (Å²) in [5.41, 5.74) is 0. The van der Waals surface area contributed by atoms with Crippen molar-refractivity contribution in [1.29, 1.82) is 0 Å². The topological polar surface area (TPSA) is 29.9 Å². The molecule has 3 nitrogen and oxygen atoms in total. The first kappa shape index (κ1) is 12.8. The third-order valence-electron chi connectivity index (χ3n) is 3.18. The first-order valence-corrected chi connectivity index (χ1v) is 7.74. The molecule has 1 aliphatic heterocycles. The molecule has 0 aromatic carbocycles. The van der Waals surface area contributed by atoms with Gasteiger partial charge in [0.25, 0.3) is 0 Å². The van der Waals surface area contributed by atoms with E-state index in [1.54, 1.807) is 0 Å². The number of thioether (sulfide) groups is 1. The Bertz CT molecular complexity index is 329. The monoisotopic (exact) mass is 253 g/mol. The number of imidazole rings is 1. The van der Waals surface area contributed by atoms with Crippen LogP contribution >= 0.6 is 11.8 Å². The van der Waals surface area contributed by atoms with Crippen LogP contribution in [0.3, 0.4) is 0 Å². The van der Waals surface area contributed by atoms with Crippen LogP contribution in [-0.4, -0.2) is 27.6 Å². The van der Waals surface area contributed by atoms with E-state index in [0.29, 0.717) is 5.92 Å². The maximum Gasteiger partial charge on any atom is 0.202 e. The summed E-state index contributed by atoms with van der Waals surface area (Å²) in [5.74, 6) is 5.19. The van der Waals surface area contributed by atoms with E-state index in [2.05, 4.69) is 46.7 Å². The zero-order valence-electron chi connectivity index (χ0n) is 10.9. The highest BCUT2D eigenvalue weighted by atomic mass is 32.2. The molecule has 2 heterocycles. The lowest BCUT2D eigenvalue weighted by atomic mass is 10.0. The van der Waals surface area contributed by atoms with E-state index in [-0.39, 0.29) is 0 Å². The van der Waals surface area contributed by atoms with Crippen molar-refractivity contribution in [3.8, 4) is 0 Å². The summed E-state index contributed by atoms with van der Waals surface area (Å²) >= 11 is 2.09. The van der Waals surface area contributed by atoms with Gasteiger partial charge in [0.05, 0.1) is 0 Å². The normalized spacial score (nSPS) is 17.6. The second kappa shape index (κ2) is 6.34. The summed E-state index contributed by atoms with van der Waals surface area (Å²) in [6, 6.07) is 0. The Morgan fingerprint density at radius 1 is 1.47 bits per heavy atom. The smallest absolute Gasteiger partial charge is 0.202 e. The minimum absolute atomic E-state index is 0.659. The van der Waals surface area contributed by atoms with Crippen molar-refractivity contribution in [2.24, 2.45) is 11.8 Å². The molecule has 0 radical (unpaired) electrons. The van der Waals surface area contributed by atoms with E-state index in [1.165, 1.54) is 24.3 Å². The number of nitrogens with one attached hydrogen (secondary N) is 1. The van der Waals surface area contributed by atoms with Crippen LogP contribution in [0.2, 0.25) is 0 Å². The molecule has 0 spiro atoms. The van der Waals surface area contributed by atoms with Gasteiger partial charge in [0, 0.05) is 25.5 Å². The fourth-order valence-electron chi connectivity index (χ4n) is 2.13. The fraction of sp³-hybridized carbons (Fsp3) is 0.769. The molecule has 17 heavy (non-hydrogen) atoms. The minimum Gasteiger partial charge on any atom is -0.355 e. The number of hydrogen-bond acceptors (Lipinski definition) is 3. The summed E-state index contributed by atoms with van der Waals surface area (Å²) in [4.78, 5) is 4.40. The molecule has 0 amide bonds. The van der Waals surface area contributed by atoms with Gasteiger partial charge >= 0.3 is 0 Å². The Balaban J connectivity index is 1.88. The molecule has 1 aliphatic rings. The van der Waals surface area contributed by atoms with Crippen molar-refractivity contribution in [1.82, 2.24) is 9.55 Å². The van der Waals surface area contributed by atoms with E-state index < -0.39 is 0 Å². The lowest BCUT2D eigenvalue weighted by Crippen LogP contribution is -2.19. The van der Waals surface area contributed by atoms with Gasteiger partial charge in [-0.3, -0.25) is 0 Å². The molecular weight excluding hydrogens is 230 g/mol. The SMILES string of the molecule is CC(C)CNc1nccn1CC1CCSCC1. The van der Waals surface area contributed by atoms with Crippen molar-refractivity contribution >= 4 is 17.7 Å². The van der Waals surface area contributed by atoms with E-state index in [1.807, 2.05) is 6.20 Å². The van der Waals surface area contributed by atoms with E-state index in [0.717, 1.165) is 25.0 Å². The standard InChI is InChI=1S/C13H23N3S/c1-11(2)9-15-13-14-5-6-16(13)10-12-3-7-17-8-4-12/h5-6,11-12H,3-4,7-10H2,1-2H3,(H,14,15). The molecule has 2 rings (SSSR count). The van der Waals surface area contributed by atoms with Crippen molar-refractivity contribution < 1.29 is 0 Å². The van der Waals surface area contributed by atoms with Gasteiger partial charge < -0.3 is 9.88 Å². The summed E-state index contributed by atoms with van der Waals surface area (Å²) in [6.07, 6.45) is 6.71. The zero-order valence-corrected chi connectivity index (χ0v) is 11.7. The molecule has 1 N–H and O–H groups in total. The second-order valence-corrected chi connectivity index (χ2v) is 6.46. The summed E-state index contributed by atoms with van der Waals surface area (Å²) < 4.78 is 2.28. The largest absolute Gasteiger partial charge is 0.355 e. The minimum atomic E-state index is 0.659. The number of aromatic nitrogens is 2. The molecule has 96 valence electrons. The van der Waals surface area contributed by atoms with Gasteiger partial charge in [-0.25, -0.2) is 4.98 Å². The molecular formula is C13H23N3S. The highest BCUT2D eigenvalue weighted by Gasteiger charge is 2.15. The number of rotatable bonds is 5. The average molecular weight is 253 g/mol. The number of nitrogens with zero attached hydrogens (tertiary/aromatic N) is 2. The lowest BCUT2D eigenvalue weighted by molar-refractivity contribution is 0.418. The first-order chi connectivity index (χ1) is 8.25. The summed E-state index contributed by atoms with van der Waals surface area (Å²) in [6.45, 7) is 6.57. The van der Waals surface area contributed by atoms with Gasteiger partial charge in [0.1, 0.15) is 0 Å². The second-order valence-electron chi connectivity index (χ2n) is 5.23. The third kappa shape index (κ3) is 3.95. The Morgan fingerprint density at radius 3 is 2.94 bits per heavy atom. The van der Waals surface area contributed by atoms with Gasteiger partial charge in [-0.1, -0.05) is 13.8 Å². The van der Waals surface area contributed by atoms with Crippen molar-refractivity contribution in [2.45, 2.75) is 33.2 Å². The lowest BCUT2D eigenvalue weighted by Gasteiger charge is -2.22. The van der Waals surface area contributed by atoms with Crippen LogP contribution in [0.15, 0.2) is 12.4 Å². The van der Waals surface area contributed by atoms with E-state index in [9.17, 15) is 0 Å². The molecule has 0 atom stereocenters. The molecule has 0 bridgehead atoms. The van der Waals surface area contributed by atoms with Crippen LogP contribution in [-0.2, 0) is 6.54 Å². The first-order valence-electron chi connectivity index (χ1n) is 6.58. The van der Waals surface area contributed by atoms with Crippen LogP contribution in [0.4, 0.5) is 5.95 Å². The highest BCUT2D eigenvalue weighted by Crippen LogP contribution is 2.24. The van der Waals surface area contributed by atoms with Gasteiger partial charge in [0.2, 0.25) is 5.95 Å². The van der Waals surface area contributed by atoms with Crippen LogP contribution in [0.1, 0.15) is 26.7 Å². The van der Waals surface area contributed by atoms with Crippen LogP contribution in [0.5, 0.6) is 0 Å². The zero-order chi connectivity index (χ0) is 12.1. The molecule has 1 aromatic rings. The van der Waals surface area contributed by atoms with Gasteiger partial charge in [-0.15, -0.1) is 0 Å². The summed E-state index contributed by atoms with van der Waals surface area (Å²) in [7, 11) is 0. The van der Waals surface area contributed by atoms with Crippen LogP contribution in [0, 0.1) is 11.8 Å². The van der Waals surface area contributed by atoms with Gasteiger partial charge in [0.15, 0.2) is 0 Å². The molecule has 0 unspecified atom stereocenters. The number of hydrogen-bond donors (Lipinski definition) is 1. The predicted molar refractivity (Wildman–Crippen MR) is 75.6 cm³/mol. The van der Waals surface area contributed by atoms with E-state index in [4.69, 9.17) is 0 Å². The Morgan fingerprint density at radius 2 is 2.24 bits per heavy atom. The Hall–Kier alpha value is -0.640. The number of anilines is 1. The van der Waals surface area contributed by atoms with Crippen LogP contribution in [0.25, 0.3) is 0 Å². The maximum absolute atomic E-state index is 4.40. The predicted octanol–water partition coefficient (Wildman–Crippen LogP) is 3.09. The Labute approximate surface area is 108 Å². The summed E-state index contributed by atoms with van der Waals surface area (Å²) in [5, 5.41) is 3.43. The maximum atomic E-state index is 4.40. The fourth-order valence-corrected chi connectivity index (χ4v) is 3.33. The molecule has 4 heteroatoms. The molecule has 1 fully saturated rings. The van der Waals surface area contributed by atoms with E-state index >= 15 is 0 Å². The third-order valence-corrected chi connectivity index (χ3v) is 4.23. The molecule has 1 saturated heterocycles. The quantitative estimate of drug-likeness (QED) is 0.874. The van der Waals surface area contributed by atoms with Crippen LogP contribution < -0.4 is 5.32 Å².